The number of ether oxygens (including phenoxy) is 1. The zero-order valence-electron chi connectivity index (χ0n) is 10.6. The van der Waals surface area contributed by atoms with Gasteiger partial charge in [0.1, 0.15) is 0 Å². The summed E-state index contributed by atoms with van der Waals surface area (Å²) in [6.07, 6.45) is 0. The number of hydrogen-bond acceptors (Lipinski definition) is 3. The molecule has 1 fully saturated rings. The van der Waals surface area contributed by atoms with E-state index < -0.39 is 0 Å². The van der Waals surface area contributed by atoms with Gasteiger partial charge in [-0.05, 0) is 38.1 Å². The number of nitriles is 1. The van der Waals surface area contributed by atoms with Crippen molar-refractivity contribution < 1.29 is 9.53 Å². The first-order chi connectivity index (χ1) is 8.54. The molecule has 0 N–H and O–H groups in total. The molecule has 18 heavy (non-hydrogen) atoms. The molecule has 1 saturated heterocycles. The van der Waals surface area contributed by atoms with Crippen molar-refractivity contribution in [1.29, 1.82) is 5.26 Å². The maximum absolute atomic E-state index is 12.4. The second kappa shape index (κ2) is 4.79. The Morgan fingerprint density at radius 1 is 1.39 bits per heavy atom. The van der Waals surface area contributed by atoms with Gasteiger partial charge >= 0.3 is 0 Å². The largest absolute Gasteiger partial charge is 0.377 e. The van der Waals surface area contributed by atoms with Crippen molar-refractivity contribution in [3.8, 4) is 6.07 Å². The number of hydrogen-bond donors (Lipinski definition) is 0. The van der Waals surface area contributed by atoms with Gasteiger partial charge in [-0.1, -0.05) is 0 Å². The molecule has 0 atom stereocenters. The molecule has 0 unspecified atom stereocenters. The van der Waals surface area contributed by atoms with E-state index in [1.165, 1.54) is 0 Å². The van der Waals surface area contributed by atoms with Crippen LogP contribution in [0.4, 0.5) is 0 Å². The Morgan fingerprint density at radius 3 is 2.61 bits per heavy atom. The Labute approximate surface area is 107 Å². The topological polar surface area (TPSA) is 53.3 Å². The van der Waals surface area contributed by atoms with E-state index in [9.17, 15) is 4.79 Å². The molecule has 0 aromatic heterocycles. The molecule has 2 rings (SSSR count). The summed E-state index contributed by atoms with van der Waals surface area (Å²) in [5.41, 5.74) is 0.889. The third-order valence-corrected chi connectivity index (χ3v) is 3.15. The molecule has 0 saturated carbocycles. The fourth-order valence-electron chi connectivity index (χ4n) is 2.08. The maximum atomic E-state index is 12.4. The number of carbonyl (C=O) groups is 1. The highest BCUT2D eigenvalue weighted by Gasteiger charge is 2.34. The standard InChI is InChI=1S/C14H16N2O2/c1-14(2)10-18-8-7-16(14)13(17)12-5-3-11(9-15)4-6-12/h3-6H,7-8,10H2,1-2H3. The van der Waals surface area contributed by atoms with Gasteiger partial charge in [-0.2, -0.15) is 5.26 Å². The average Bonchev–Trinajstić information content (AvgIpc) is 2.37. The normalized spacial score (nSPS) is 18.2. The zero-order valence-corrected chi connectivity index (χ0v) is 10.6. The van der Waals surface area contributed by atoms with E-state index in [-0.39, 0.29) is 11.4 Å². The Morgan fingerprint density at radius 2 is 2.06 bits per heavy atom. The summed E-state index contributed by atoms with van der Waals surface area (Å²) in [7, 11) is 0. The molecule has 0 spiro atoms. The molecule has 1 amide bonds. The lowest BCUT2D eigenvalue weighted by molar-refractivity contribution is -0.0370. The highest BCUT2D eigenvalue weighted by molar-refractivity contribution is 5.94. The minimum absolute atomic E-state index is 0.00668. The lowest BCUT2D eigenvalue weighted by Crippen LogP contribution is -2.55. The predicted octanol–water partition coefficient (Wildman–Crippen LogP) is 1.81. The first-order valence-electron chi connectivity index (χ1n) is 5.94. The molecule has 1 aromatic rings. The second-order valence-corrected chi connectivity index (χ2v) is 5.01. The van der Waals surface area contributed by atoms with Gasteiger partial charge in [0.25, 0.3) is 5.91 Å². The predicted molar refractivity (Wildman–Crippen MR) is 67.1 cm³/mol. The van der Waals surface area contributed by atoms with E-state index in [2.05, 4.69) is 0 Å². The van der Waals surface area contributed by atoms with E-state index in [0.29, 0.717) is 30.9 Å². The summed E-state index contributed by atoms with van der Waals surface area (Å²) < 4.78 is 5.40. The highest BCUT2D eigenvalue weighted by Crippen LogP contribution is 2.21. The van der Waals surface area contributed by atoms with Crippen LogP contribution in [0.25, 0.3) is 0 Å². The van der Waals surface area contributed by atoms with Crippen LogP contribution < -0.4 is 0 Å². The molecular weight excluding hydrogens is 228 g/mol. The molecular formula is C14H16N2O2. The molecule has 1 aromatic carbocycles. The molecule has 94 valence electrons. The van der Waals surface area contributed by atoms with Crippen molar-refractivity contribution in [2.24, 2.45) is 0 Å². The Balaban J connectivity index is 2.22. The smallest absolute Gasteiger partial charge is 0.254 e. The number of nitrogens with zero attached hydrogens (tertiary/aromatic N) is 2. The SMILES string of the molecule is CC1(C)COCCN1C(=O)c1ccc(C#N)cc1. The Bertz CT molecular complexity index is 486. The second-order valence-electron chi connectivity index (χ2n) is 5.01. The molecule has 0 bridgehead atoms. The molecule has 0 aliphatic carbocycles. The van der Waals surface area contributed by atoms with Crippen molar-refractivity contribution in [1.82, 2.24) is 4.90 Å². The molecule has 0 radical (unpaired) electrons. The molecule has 1 heterocycles. The summed E-state index contributed by atoms with van der Waals surface area (Å²) in [6, 6.07) is 8.78. The van der Waals surface area contributed by atoms with Crippen LogP contribution in [0, 0.1) is 11.3 Å². The number of rotatable bonds is 1. The van der Waals surface area contributed by atoms with Gasteiger partial charge in [0.2, 0.25) is 0 Å². The van der Waals surface area contributed by atoms with Crippen LogP contribution in [-0.2, 0) is 4.74 Å². The van der Waals surface area contributed by atoms with E-state index in [0.717, 1.165) is 0 Å². The summed E-state index contributed by atoms with van der Waals surface area (Å²) >= 11 is 0. The van der Waals surface area contributed by atoms with E-state index >= 15 is 0 Å². The minimum atomic E-state index is -0.288. The summed E-state index contributed by atoms with van der Waals surface area (Å²) in [5, 5.41) is 8.74. The summed E-state index contributed by atoms with van der Waals surface area (Å²) in [6.45, 7) is 5.72. The van der Waals surface area contributed by atoms with Crippen molar-refractivity contribution in [2.45, 2.75) is 19.4 Å². The van der Waals surface area contributed by atoms with Crippen LogP contribution in [-0.4, -0.2) is 36.1 Å². The van der Waals surface area contributed by atoms with Crippen LogP contribution in [0.1, 0.15) is 29.8 Å². The number of amides is 1. The van der Waals surface area contributed by atoms with Crippen LogP contribution in [0.2, 0.25) is 0 Å². The summed E-state index contributed by atoms with van der Waals surface area (Å²) in [4.78, 5) is 14.2. The van der Waals surface area contributed by atoms with Crippen LogP contribution >= 0.6 is 0 Å². The number of benzene rings is 1. The first-order valence-corrected chi connectivity index (χ1v) is 5.94. The average molecular weight is 244 g/mol. The summed E-state index contributed by atoms with van der Waals surface area (Å²) in [5.74, 6) is -0.00668. The van der Waals surface area contributed by atoms with Gasteiger partial charge in [0, 0.05) is 12.1 Å². The lowest BCUT2D eigenvalue weighted by atomic mass is 10.0. The van der Waals surface area contributed by atoms with Crippen molar-refractivity contribution in [3.05, 3.63) is 35.4 Å². The van der Waals surface area contributed by atoms with Crippen LogP contribution in [0.15, 0.2) is 24.3 Å². The fourth-order valence-corrected chi connectivity index (χ4v) is 2.08. The van der Waals surface area contributed by atoms with Crippen molar-refractivity contribution in [2.75, 3.05) is 19.8 Å². The first kappa shape index (κ1) is 12.6. The van der Waals surface area contributed by atoms with Crippen molar-refractivity contribution in [3.63, 3.8) is 0 Å². The number of carbonyl (C=O) groups excluding carboxylic acids is 1. The number of morpholine rings is 1. The third-order valence-electron chi connectivity index (χ3n) is 3.15. The monoisotopic (exact) mass is 244 g/mol. The lowest BCUT2D eigenvalue weighted by Gasteiger charge is -2.42. The minimum Gasteiger partial charge on any atom is -0.377 e. The van der Waals surface area contributed by atoms with Gasteiger partial charge in [-0.15, -0.1) is 0 Å². The van der Waals surface area contributed by atoms with Crippen LogP contribution in [0.3, 0.4) is 0 Å². The Hall–Kier alpha value is -1.86. The fraction of sp³-hybridized carbons (Fsp3) is 0.429. The van der Waals surface area contributed by atoms with Gasteiger partial charge < -0.3 is 9.64 Å². The van der Waals surface area contributed by atoms with E-state index in [1.807, 2.05) is 24.8 Å². The van der Waals surface area contributed by atoms with Crippen LogP contribution in [0.5, 0.6) is 0 Å². The van der Waals surface area contributed by atoms with E-state index in [4.69, 9.17) is 10.00 Å². The molecule has 4 nitrogen and oxygen atoms in total. The molecule has 1 aliphatic rings. The van der Waals surface area contributed by atoms with E-state index in [1.54, 1.807) is 24.3 Å². The maximum Gasteiger partial charge on any atom is 0.254 e. The van der Waals surface area contributed by atoms with Gasteiger partial charge in [0.15, 0.2) is 0 Å². The van der Waals surface area contributed by atoms with Gasteiger partial charge in [-0.25, -0.2) is 0 Å². The third kappa shape index (κ3) is 2.36. The van der Waals surface area contributed by atoms with Gasteiger partial charge in [0.05, 0.1) is 30.4 Å². The highest BCUT2D eigenvalue weighted by atomic mass is 16.5. The van der Waals surface area contributed by atoms with Crippen molar-refractivity contribution >= 4 is 5.91 Å². The quantitative estimate of drug-likeness (QED) is 0.757. The molecule has 4 heteroatoms. The Kier molecular flexibility index (Phi) is 3.35. The zero-order chi connectivity index (χ0) is 13.2. The molecule has 1 aliphatic heterocycles. The van der Waals surface area contributed by atoms with Gasteiger partial charge in [-0.3, -0.25) is 4.79 Å².